The number of benzene rings is 2. The Morgan fingerprint density at radius 1 is 1.22 bits per heavy atom. The van der Waals surface area contributed by atoms with Gasteiger partial charge in [0.25, 0.3) is 11.8 Å². The number of amides is 2. The van der Waals surface area contributed by atoms with Crippen molar-refractivity contribution in [3.63, 3.8) is 0 Å². The maximum absolute atomic E-state index is 14.8. The van der Waals surface area contributed by atoms with E-state index < -0.39 is 17.3 Å². The number of fused-ring (bicyclic) bond motifs is 1. The predicted molar refractivity (Wildman–Crippen MR) is 129 cm³/mol. The SMILES string of the molecule is COCC1(C)Cc2c(Oc3ccc(C(=O)N4CCC4)c(F)c3)cc(C(=O)Nc3ccn(C)n3)cc2O1. The lowest BCUT2D eigenvalue weighted by Gasteiger charge is -2.31. The van der Waals surface area contributed by atoms with Gasteiger partial charge in [-0.2, -0.15) is 5.10 Å². The number of hydrogen-bond donors (Lipinski definition) is 1. The molecule has 0 bridgehead atoms. The fourth-order valence-corrected chi connectivity index (χ4v) is 4.39. The first-order valence-electron chi connectivity index (χ1n) is 11.7. The van der Waals surface area contributed by atoms with E-state index >= 15 is 0 Å². The van der Waals surface area contributed by atoms with Gasteiger partial charge in [-0.3, -0.25) is 14.3 Å². The molecule has 1 fully saturated rings. The van der Waals surface area contributed by atoms with Gasteiger partial charge in [-0.25, -0.2) is 4.39 Å². The van der Waals surface area contributed by atoms with Crippen LogP contribution in [-0.2, 0) is 18.2 Å². The van der Waals surface area contributed by atoms with Crippen LogP contribution in [0, 0.1) is 5.82 Å². The third-order valence-electron chi connectivity index (χ3n) is 6.28. The highest BCUT2D eigenvalue weighted by Gasteiger charge is 2.38. The standard InChI is InChI=1S/C26H27FN4O5/c1-26(15-34-3)14-19-21(35-17-5-6-18(20(27)13-17)25(33)31-8-4-9-31)11-16(12-22(19)36-26)24(32)28-23-7-10-30(2)29-23/h5-7,10-13H,4,8-9,14-15H2,1-3H3,(H,28,29,32). The second-order valence-electron chi connectivity index (χ2n) is 9.33. The molecule has 1 unspecified atom stereocenters. The molecule has 188 valence electrons. The molecule has 0 aliphatic carbocycles. The molecule has 3 aromatic rings. The van der Waals surface area contributed by atoms with E-state index in [2.05, 4.69) is 10.4 Å². The molecule has 9 nitrogen and oxygen atoms in total. The number of nitrogens with one attached hydrogen (secondary N) is 1. The van der Waals surface area contributed by atoms with Gasteiger partial charge in [-0.15, -0.1) is 0 Å². The highest BCUT2D eigenvalue weighted by Crippen LogP contribution is 2.43. The molecule has 2 aromatic carbocycles. The number of methoxy groups -OCH3 is 1. The first kappa shape index (κ1) is 23.8. The number of ether oxygens (including phenoxy) is 3. The highest BCUT2D eigenvalue weighted by molar-refractivity contribution is 6.04. The number of nitrogens with zero attached hydrogens (tertiary/aromatic N) is 3. The number of halogens is 1. The summed E-state index contributed by atoms with van der Waals surface area (Å²) in [7, 11) is 3.34. The molecule has 36 heavy (non-hydrogen) atoms. The summed E-state index contributed by atoms with van der Waals surface area (Å²) in [5.74, 6) is 0.0706. The van der Waals surface area contributed by atoms with Gasteiger partial charge in [0.15, 0.2) is 5.82 Å². The monoisotopic (exact) mass is 494 g/mol. The number of hydrogen-bond acceptors (Lipinski definition) is 6. The maximum Gasteiger partial charge on any atom is 0.257 e. The molecule has 2 aliphatic rings. The summed E-state index contributed by atoms with van der Waals surface area (Å²) in [4.78, 5) is 27.0. The van der Waals surface area contributed by atoms with Crippen molar-refractivity contribution in [1.82, 2.24) is 14.7 Å². The minimum Gasteiger partial charge on any atom is -0.484 e. The number of carbonyl (C=O) groups excluding carboxylic acids is 2. The maximum atomic E-state index is 14.8. The molecule has 3 heterocycles. The van der Waals surface area contributed by atoms with Gasteiger partial charge in [0.2, 0.25) is 0 Å². The quantitative estimate of drug-likeness (QED) is 0.537. The van der Waals surface area contributed by atoms with Gasteiger partial charge in [-0.05, 0) is 37.6 Å². The summed E-state index contributed by atoms with van der Waals surface area (Å²) in [5, 5.41) is 6.92. The largest absolute Gasteiger partial charge is 0.484 e. The van der Waals surface area contributed by atoms with E-state index in [-0.39, 0.29) is 17.2 Å². The Hall–Kier alpha value is -3.92. The lowest BCUT2D eigenvalue weighted by Crippen LogP contribution is -2.42. The number of rotatable bonds is 7. The number of aromatic nitrogens is 2. The van der Waals surface area contributed by atoms with Gasteiger partial charge >= 0.3 is 0 Å². The van der Waals surface area contributed by atoms with E-state index in [9.17, 15) is 14.0 Å². The van der Waals surface area contributed by atoms with Crippen molar-refractivity contribution in [3.8, 4) is 17.2 Å². The van der Waals surface area contributed by atoms with Gasteiger partial charge in [0, 0.05) is 63.1 Å². The summed E-state index contributed by atoms with van der Waals surface area (Å²) in [6.07, 6.45) is 3.12. The van der Waals surface area contributed by atoms with E-state index in [0.29, 0.717) is 49.0 Å². The third kappa shape index (κ3) is 4.64. The molecular formula is C26H27FN4O5. The normalized spacial score (nSPS) is 18.3. The van der Waals surface area contributed by atoms with Crippen LogP contribution in [0.15, 0.2) is 42.6 Å². The van der Waals surface area contributed by atoms with E-state index in [4.69, 9.17) is 14.2 Å². The molecule has 1 N–H and O–H groups in total. The molecule has 1 saturated heterocycles. The van der Waals surface area contributed by atoms with Crippen LogP contribution in [0.4, 0.5) is 10.2 Å². The Bertz CT molecular complexity index is 1340. The van der Waals surface area contributed by atoms with Crippen LogP contribution in [0.1, 0.15) is 39.6 Å². The highest BCUT2D eigenvalue weighted by atomic mass is 19.1. The van der Waals surface area contributed by atoms with Gasteiger partial charge in [0.05, 0.1) is 12.2 Å². The topological polar surface area (TPSA) is 94.9 Å². The van der Waals surface area contributed by atoms with E-state index in [1.807, 2.05) is 6.92 Å². The number of likely N-dealkylation sites (tertiary alicyclic amines) is 1. The van der Waals surface area contributed by atoms with Gasteiger partial charge in [-0.1, -0.05) is 0 Å². The van der Waals surface area contributed by atoms with Crippen molar-refractivity contribution >= 4 is 17.6 Å². The molecule has 10 heteroatoms. The zero-order valence-electron chi connectivity index (χ0n) is 20.3. The Morgan fingerprint density at radius 2 is 2.03 bits per heavy atom. The summed E-state index contributed by atoms with van der Waals surface area (Å²) in [6.45, 7) is 3.51. The molecule has 1 atom stereocenters. The number of carbonyl (C=O) groups is 2. The number of anilines is 1. The Morgan fingerprint density at radius 3 is 2.67 bits per heavy atom. The van der Waals surface area contributed by atoms with Crippen LogP contribution in [0.5, 0.6) is 17.2 Å². The number of aryl methyl sites for hydroxylation is 1. The predicted octanol–water partition coefficient (Wildman–Crippen LogP) is 3.79. The first-order chi connectivity index (χ1) is 17.2. The fourth-order valence-electron chi connectivity index (χ4n) is 4.39. The Labute approximate surface area is 207 Å². The second kappa shape index (κ2) is 9.27. The average molecular weight is 495 g/mol. The second-order valence-corrected chi connectivity index (χ2v) is 9.33. The van der Waals surface area contributed by atoms with Crippen LogP contribution < -0.4 is 14.8 Å². The Kier molecular flexibility index (Phi) is 6.13. The summed E-state index contributed by atoms with van der Waals surface area (Å²) >= 11 is 0. The van der Waals surface area contributed by atoms with Crippen LogP contribution in [-0.4, -0.2) is 58.9 Å². The Balaban J connectivity index is 1.45. The average Bonchev–Trinajstić information content (AvgIpc) is 3.34. The van der Waals surface area contributed by atoms with E-state index in [0.717, 1.165) is 12.0 Å². The van der Waals surface area contributed by atoms with Crippen molar-refractivity contribution in [2.75, 3.05) is 32.1 Å². The van der Waals surface area contributed by atoms with Crippen LogP contribution in [0.2, 0.25) is 0 Å². The smallest absolute Gasteiger partial charge is 0.257 e. The molecule has 0 spiro atoms. The molecule has 2 amide bonds. The van der Waals surface area contributed by atoms with Gasteiger partial charge in [0.1, 0.15) is 28.7 Å². The van der Waals surface area contributed by atoms with E-state index in [1.54, 1.807) is 54.2 Å². The van der Waals surface area contributed by atoms with Crippen molar-refractivity contribution in [2.24, 2.45) is 7.05 Å². The minimum absolute atomic E-state index is 0.00627. The molecule has 0 radical (unpaired) electrons. The van der Waals surface area contributed by atoms with Crippen LogP contribution in [0.3, 0.4) is 0 Å². The van der Waals surface area contributed by atoms with Crippen molar-refractivity contribution in [3.05, 3.63) is 65.1 Å². The summed E-state index contributed by atoms with van der Waals surface area (Å²) in [5.41, 5.74) is 0.391. The van der Waals surface area contributed by atoms with E-state index in [1.165, 1.54) is 12.1 Å². The molecule has 5 rings (SSSR count). The summed E-state index contributed by atoms with van der Waals surface area (Å²) in [6, 6.07) is 9.08. The first-order valence-corrected chi connectivity index (χ1v) is 11.7. The van der Waals surface area contributed by atoms with Crippen LogP contribution >= 0.6 is 0 Å². The molecule has 1 aromatic heterocycles. The molecular weight excluding hydrogens is 467 g/mol. The lowest BCUT2D eigenvalue weighted by molar-refractivity contribution is 0.0204. The minimum atomic E-state index is -0.662. The molecule has 2 aliphatic heterocycles. The fraction of sp³-hybridized carbons (Fsp3) is 0.346. The third-order valence-corrected chi connectivity index (χ3v) is 6.28. The molecule has 0 saturated carbocycles. The zero-order valence-corrected chi connectivity index (χ0v) is 20.3. The van der Waals surface area contributed by atoms with Crippen LogP contribution in [0.25, 0.3) is 0 Å². The summed E-state index contributed by atoms with van der Waals surface area (Å²) < 4.78 is 34.0. The lowest BCUT2D eigenvalue weighted by atomic mass is 9.98. The van der Waals surface area contributed by atoms with Crippen molar-refractivity contribution in [2.45, 2.75) is 25.4 Å². The zero-order chi connectivity index (χ0) is 25.4. The van der Waals surface area contributed by atoms with Crippen molar-refractivity contribution < 1.29 is 28.2 Å². The van der Waals surface area contributed by atoms with Crippen molar-refractivity contribution in [1.29, 1.82) is 0 Å². The van der Waals surface area contributed by atoms with Gasteiger partial charge < -0.3 is 24.4 Å².